The van der Waals surface area contributed by atoms with Gasteiger partial charge in [-0.05, 0) is 53.9 Å². The molecule has 0 spiro atoms. The average molecular weight is 463 g/mol. The van der Waals surface area contributed by atoms with Crippen LogP contribution in [-0.4, -0.2) is 52.7 Å². The van der Waals surface area contributed by atoms with E-state index in [2.05, 4.69) is 29.6 Å². The summed E-state index contributed by atoms with van der Waals surface area (Å²) in [5.74, 6) is -1.10. The second-order valence-electron chi connectivity index (χ2n) is 9.60. The Morgan fingerprint density at radius 2 is 1.76 bits per heavy atom. The van der Waals surface area contributed by atoms with Gasteiger partial charge in [0.1, 0.15) is 12.1 Å². The van der Waals surface area contributed by atoms with E-state index in [1.165, 1.54) is 4.90 Å². The lowest BCUT2D eigenvalue weighted by Crippen LogP contribution is -2.52. The molecule has 2 fully saturated rings. The number of nitrogens with one attached hydrogen (secondary N) is 1. The maximum absolute atomic E-state index is 13.0. The molecule has 1 saturated carbocycles. The molecule has 0 bridgehead atoms. The number of carbonyl (C=O) groups is 3. The summed E-state index contributed by atoms with van der Waals surface area (Å²) >= 11 is 0. The highest BCUT2D eigenvalue weighted by atomic mass is 16.5. The van der Waals surface area contributed by atoms with E-state index >= 15 is 0 Å². The lowest BCUT2D eigenvalue weighted by atomic mass is 9.98. The highest BCUT2D eigenvalue weighted by Gasteiger charge is 2.66. The van der Waals surface area contributed by atoms with E-state index in [1.807, 2.05) is 31.2 Å². The minimum Gasteiger partial charge on any atom is -0.479 e. The molecule has 2 unspecified atom stereocenters. The van der Waals surface area contributed by atoms with E-state index in [-0.39, 0.29) is 30.8 Å². The minimum atomic E-state index is -1.03. The third kappa shape index (κ3) is 3.73. The predicted molar refractivity (Wildman–Crippen MR) is 126 cm³/mol. The van der Waals surface area contributed by atoms with E-state index in [9.17, 15) is 19.5 Å². The van der Waals surface area contributed by atoms with Crippen molar-refractivity contribution in [2.45, 2.75) is 56.5 Å². The highest BCUT2D eigenvalue weighted by molar-refractivity contribution is 5.91. The number of piperidine rings is 1. The third-order valence-corrected chi connectivity index (χ3v) is 7.74. The maximum atomic E-state index is 13.0. The van der Waals surface area contributed by atoms with Crippen LogP contribution in [0.15, 0.2) is 48.5 Å². The van der Waals surface area contributed by atoms with Crippen molar-refractivity contribution in [2.75, 3.05) is 13.2 Å². The van der Waals surface area contributed by atoms with Gasteiger partial charge in [-0.2, -0.15) is 0 Å². The number of carboxylic acids is 1. The van der Waals surface area contributed by atoms with E-state index in [0.29, 0.717) is 19.4 Å². The van der Waals surface area contributed by atoms with Crippen molar-refractivity contribution >= 4 is 18.0 Å². The van der Waals surface area contributed by atoms with Gasteiger partial charge in [-0.15, -0.1) is 0 Å². The molecule has 3 atom stereocenters. The number of carboxylic acid groups (broad SMARTS) is 1. The van der Waals surface area contributed by atoms with Gasteiger partial charge < -0.3 is 20.1 Å². The molecule has 2 aliphatic carbocycles. The fourth-order valence-corrected chi connectivity index (χ4v) is 5.83. The zero-order valence-electron chi connectivity index (χ0n) is 19.3. The van der Waals surface area contributed by atoms with Crippen LogP contribution in [0, 0.1) is 5.92 Å². The summed E-state index contributed by atoms with van der Waals surface area (Å²) in [5.41, 5.74) is 3.58. The van der Waals surface area contributed by atoms with Gasteiger partial charge in [0.05, 0.1) is 0 Å². The molecule has 2 amide bonds. The number of amides is 2. The van der Waals surface area contributed by atoms with Gasteiger partial charge in [0, 0.05) is 24.9 Å². The second kappa shape index (κ2) is 8.78. The number of aliphatic carboxylic acids is 1. The Kier molecular flexibility index (Phi) is 5.80. The van der Waals surface area contributed by atoms with E-state index in [1.54, 1.807) is 0 Å². The Hall–Kier alpha value is -3.35. The zero-order chi connectivity index (χ0) is 23.9. The Morgan fingerprint density at radius 3 is 2.38 bits per heavy atom. The van der Waals surface area contributed by atoms with Gasteiger partial charge in [0.15, 0.2) is 0 Å². The number of benzene rings is 2. The maximum Gasteiger partial charge on any atom is 0.407 e. The third-order valence-electron chi connectivity index (χ3n) is 7.74. The standard InChI is InChI=1S/C27H30N2O5/c1-2-18(14-24(30)29-13-7-8-17-15-27(17,29)25(31)32)28-26(33)34-16-23-21-11-5-3-9-19(21)20-10-4-6-12-22(20)23/h3-6,9-12,17-18,23H,2,7-8,13-16H2,1H3,(H,28,33)(H,31,32)/t17?,18-,27?/m0/s1. The van der Waals surface area contributed by atoms with Gasteiger partial charge in [-0.25, -0.2) is 9.59 Å². The van der Waals surface area contributed by atoms with Crippen LogP contribution in [0.4, 0.5) is 4.79 Å². The molecule has 2 aromatic rings. The number of hydrogen-bond donors (Lipinski definition) is 2. The van der Waals surface area contributed by atoms with Crippen LogP contribution in [-0.2, 0) is 14.3 Å². The summed E-state index contributed by atoms with van der Waals surface area (Å²) in [7, 11) is 0. The van der Waals surface area contributed by atoms with Crippen molar-refractivity contribution in [3.05, 3.63) is 59.7 Å². The van der Waals surface area contributed by atoms with Crippen molar-refractivity contribution < 1.29 is 24.2 Å². The molecule has 5 rings (SSSR count). The van der Waals surface area contributed by atoms with Gasteiger partial charge in [0.25, 0.3) is 0 Å². The molecule has 178 valence electrons. The first-order valence-corrected chi connectivity index (χ1v) is 12.1. The fraction of sp³-hybridized carbons (Fsp3) is 0.444. The first-order valence-electron chi connectivity index (χ1n) is 12.1. The monoisotopic (exact) mass is 462 g/mol. The molecule has 2 N–H and O–H groups in total. The molecular formula is C27H30N2O5. The Balaban J connectivity index is 1.20. The van der Waals surface area contributed by atoms with Crippen LogP contribution in [0.1, 0.15) is 56.1 Å². The summed E-state index contributed by atoms with van der Waals surface area (Å²) in [5, 5.41) is 12.5. The molecule has 1 heterocycles. The lowest BCUT2D eigenvalue weighted by Gasteiger charge is -2.34. The summed E-state index contributed by atoms with van der Waals surface area (Å²) in [6, 6.07) is 15.9. The summed E-state index contributed by atoms with van der Waals surface area (Å²) in [6.45, 7) is 2.56. The van der Waals surface area contributed by atoms with Gasteiger partial charge in [-0.3, -0.25) is 4.79 Å². The van der Waals surface area contributed by atoms with Crippen molar-refractivity contribution in [2.24, 2.45) is 5.92 Å². The Labute approximate surface area is 199 Å². The van der Waals surface area contributed by atoms with Gasteiger partial charge in [0.2, 0.25) is 5.91 Å². The first-order chi connectivity index (χ1) is 16.5. The molecule has 0 radical (unpaired) electrons. The molecular weight excluding hydrogens is 432 g/mol. The number of hydrogen-bond acceptors (Lipinski definition) is 4. The fourth-order valence-electron chi connectivity index (χ4n) is 5.83. The number of rotatable bonds is 7. The highest BCUT2D eigenvalue weighted by Crippen LogP contribution is 2.54. The van der Waals surface area contributed by atoms with Crippen molar-refractivity contribution in [3.63, 3.8) is 0 Å². The number of ether oxygens (including phenoxy) is 1. The molecule has 3 aliphatic rings. The topological polar surface area (TPSA) is 95.9 Å². The summed E-state index contributed by atoms with van der Waals surface area (Å²) in [6.07, 6.45) is 2.27. The zero-order valence-corrected chi connectivity index (χ0v) is 19.3. The molecule has 7 heteroatoms. The lowest BCUT2D eigenvalue weighted by molar-refractivity contribution is -0.154. The smallest absolute Gasteiger partial charge is 0.407 e. The predicted octanol–water partition coefficient (Wildman–Crippen LogP) is 4.16. The quantitative estimate of drug-likeness (QED) is 0.644. The minimum absolute atomic E-state index is 0.0320. The number of carbonyl (C=O) groups excluding carboxylic acids is 2. The van der Waals surface area contributed by atoms with Crippen molar-refractivity contribution in [1.29, 1.82) is 0 Å². The second-order valence-corrected chi connectivity index (χ2v) is 9.60. The van der Waals surface area contributed by atoms with Crippen LogP contribution in [0.3, 0.4) is 0 Å². The van der Waals surface area contributed by atoms with Crippen LogP contribution >= 0.6 is 0 Å². The van der Waals surface area contributed by atoms with Gasteiger partial charge in [-0.1, -0.05) is 55.5 Å². The number of nitrogens with zero attached hydrogens (tertiary/aromatic N) is 1. The Bertz CT molecular complexity index is 1090. The van der Waals surface area contributed by atoms with Crippen molar-refractivity contribution in [1.82, 2.24) is 10.2 Å². The van der Waals surface area contributed by atoms with Crippen LogP contribution < -0.4 is 5.32 Å². The van der Waals surface area contributed by atoms with Crippen molar-refractivity contribution in [3.8, 4) is 11.1 Å². The van der Waals surface area contributed by atoms with E-state index < -0.39 is 23.6 Å². The van der Waals surface area contributed by atoms with Gasteiger partial charge >= 0.3 is 12.1 Å². The summed E-state index contributed by atoms with van der Waals surface area (Å²) < 4.78 is 5.62. The van der Waals surface area contributed by atoms with Crippen LogP contribution in [0.5, 0.6) is 0 Å². The molecule has 0 aromatic heterocycles. The first kappa shape index (κ1) is 22.4. The molecule has 1 saturated heterocycles. The molecule has 34 heavy (non-hydrogen) atoms. The Morgan fingerprint density at radius 1 is 1.12 bits per heavy atom. The average Bonchev–Trinajstić information content (AvgIpc) is 3.53. The van der Waals surface area contributed by atoms with E-state index in [4.69, 9.17) is 4.74 Å². The molecule has 2 aromatic carbocycles. The molecule has 1 aliphatic heterocycles. The number of likely N-dealkylation sites (tertiary alicyclic amines) is 1. The normalized spacial score (nSPS) is 23.3. The molecule has 7 nitrogen and oxygen atoms in total. The summed E-state index contributed by atoms with van der Waals surface area (Å²) in [4.78, 5) is 39.1. The SMILES string of the molecule is CC[C@@H](CC(=O)N1CCCC2CC21C(=O)O)NC(=O)OCC1c2ccccc2-c2ccccc21. The number of fused-ring (bicyclic) bond motifs is 4. The van der Waals surface area contributed by atoms with Crippen LogP contribution in [0.2, 0.25) is 0 Å². The van der Waals surface area contributed by atoms with Crippen LogP contribution in [0.25, 0.3) is 11.1 Å². The number of alkyl carbamates (subject to hydrolysis) is 1. The largest absolute Gasteiger partial charge is 0.479 e. The van der Waals surface area contributed by atoms with E-state index in [0.717, 1.165) is 35.1 Å².